The van der Waals surface area contributed by atoms with Crippen molar-refractivity contribution in [2.75, 3.05) is 25.3 Å². The fraction of sp³-hybridized carbons (Fsp3) is 0.154. The van der Waals surface area contributed by atoms with Crippen molar-refractivity contribution in [1.82, 2.24) is 4.98 Å². The highest BCUT2D eigenvalue weighted by atomic mass is 19.1. The predicted octanol–water partition coefficient (Wildman–Crippen LogP) is 2.56. The van der Waals surface area contributed by atoms with Crippen LogP contribution in [-0.2, 0) is 0 Å². The highest BCUT2D eigenvalue weighted by Crippen LogP contribution is 2.29. The molecule has 19 heavy (non-hydrogen) atoms. The normalized spacial score (nSPS) is 10.1. The molecule has 0 bridgehead atoms. The van der Waals surface area contributed by atoms with Gasteiger partial charge in [-0.25, -0.2) is 4.39 Å². The highest BCUT2D eigenvalue weighted by Gasteiger charge is 2.07. The number of ether oxygens (including phenoxy) is 2. The van der Waals surface area contributed by atoms with Crippen molar-refractivity contribution < 1.29 is 13.9 Å². The van der Waals surface area contributed by atoms with Crippen molar-refractivity contribution in [3.8, 4) is 11.6 Å². The average molecular weight is 263 g/mol. The summed E-state index contributed by atoms with van der Waals surface area (Å²) >= 11 is 0. The summed E-state index contributed by atoms with van der Waals surface area (Å²) in [5.41, 5.74) is 6.72. The summed E-state index contributed by atoms with van der Waals surface area (Å²) < 4.78 is 23.2. The van der Waals surface area contributed by atoms with Gasteiger partial charge in [0.25, 0.3) is 0 Å². The standard InChI is InChI=1S/C13H14FN3O2/c1-18-11-7-8(14)3-5-10(11)16-12-6-4-9(15)13(17-12)19-2/h3-7H,15H2,1-2H3,(H,16,17). The van der Waals surface area contributed by atoms with E-state index in [0.29, 0.717) is 28.8 Å². The summed E-state index contributed by atoms with van der Waals surface area (Å²) in [7, 11) is 2.96. The lowest BCUT2D eigenvalue weighted by Gasteiger charge is -2.12. The van der Waals surface area contributed by atoms with Crippen LogP contribution in [0.5, 0.6) is 11.6 Å². The van der Waals surface area contributed by atoms with Gasteiger partial charge in [0.05, 0.1) is 25.6 Å². The van der Waals surface area contributed by atoms with Crippen molar-refractivity contribution in [2.45, 2.75) is 0 Å². The number of benzene rings is 1. The first-order valence-electron chi connectivity index (χ1n) is 5.55. The van der Waals surface area contributed by atoms with Gasteiger partial charge >= 0.3 is 0 Å². The SMILES string of the molecule is COc1cc(F)ccc1Nc1ccc(N)c(OC)n1. The van der Waals surface area contributed by atoms with Gasteiger partial charge in [0, 0.05) is 6.07 Å². The van der Waals surface area contributed by atoms with E-state index in [-0.39, 0.29) is 5.82 Å². The molecular weight excluding hydrogens is 249 g/mol. The number of hydrogen-bond donors (Lipinski definition) is 2. The molecule has 1 heterocycles. The summed E-state index contributed by atoms with van der Waals surface area (Å²) in [6, 6.07) is 7.56. The predicted molar refractivity (Wildman–Crippen MR) is 71.4 cm³/mol. The second-order valence-corrected chi connectivity index (χ2v) is 3.76. The minimum atomic E-state index is -0.370. The van der Waals surface area contributed by atoms with Gasteiger partial charge in [-0.05, 0) is 24.3 Å². The van der Waals surface area contributed by atoms with Gasteiger partial charge in [-0.1, -0.05) is 0 Å². The number of rotatable bonds is 4. The molecule has 5 nitrogen and oxygen atoms in total. The first kappa shape index (κ1) is 12.9. The maximum atomic E-state index is 13.1. The fourth-order valence-electron chi connectivity index (χ4n) is 1.59. The summed E-state index contributed by atoms with van der Waals surface area (Å²) in [6.07, 6.45) is 0. The number of anilines is 3. The Morgan fingerprint density at radius 1 is 1.16 bits per heavy atom. The van der Waals surface area contributed by atoms with Crippen LogP contribution in [0, 0.1) is 5.82 Å². The number of nitrogens with one attached hydrogen (secondary N) is 1. The van der Waals surface area contributed by atoms with Crippen LogP contribution < -0.4 is 20.5 Å². The fourth-order valence-corrected chi connectivity index (χ4v) is 1.59. The summed E-state index contributed by atoms with van der Waals surface area (Å²) in [4.78, 5) is 4.18. The molecule has 0 unspecified atom stereocenters. The lowest BCUT2D eigenvalue weighted by Crippen LogP contribution is -2.00. The van der Waals surface area contributed by atoms with Gasteiger partial charge in [-0.15, -0.1) is 0 Å². The van der Waals surface area contributed by atoms with Gasteiger partial charge in [0.1, 0.15) is 17.4 Å². The van der Waals surface area contributed by atoms with Gasteiger partial charge in [-0.2, -0.15) is 4.98 Å². The Bertz CT molecular complexity index is 590. The van der Waals surface area contributed by atoms with Crippen LogP contribution in [0.25, 0.3) is 0 Å². The molecule has 0 amide bonds. The number of aromatic nitrogens is 1. The second-order valence-electron chi connectivity index (χ2n) is 3.76. The van der Waals surface area contributed by atoms with Crippen LogP contribution in [-0.4, -0.2) is 19.2 Å². The van der Waals surface area contributed by atoms with E-state index in [1.54, 1.807) is 18.2 Å². The molecule has 100 valence electrons. The van der Waals surface area contributed by atoms with Crippen molar-refractivity contribution >= 4 is 17.2 Å². The number of nitrogens with two attached hydrogens (primary N) is 1. The van der Waals surface area contributed by atoms with Gasteiger partial charge in [0.15, 0.2) is 0 Å². The zero-order valence-electron chi connectivity index (χ0n) is 10.6. The Morgan fingerprint density at radius 2 is 1.95 bits per heavy atom. The molecule has 0 saturated carbocycles. The Kier molecular flexibility index (Phi) is 3.70. The first-order chi connectivity index (χ1) is 9.13. The van der Waals surface area contributed by atoms with Crippen LogP contribution in [0.2, 0.25) is 0 Å². The summed E-state index contributed by atoms with van der Waals surface area (Å²) in [5, 5.41) is 3.01. The van der Waals surface area contributed by atoms with E-state index in [0.717, 1.165) is 0 Å². The third kappa shape index (κ3) is 2.85. The van der Waals surface area contributed by atoms with Gasteiger partial charge in [-0.3, -0.25) is 0 Å². The molecule has 0 atom stereocenters. The smallest absolute Gasteiger partial charge is 0.238 e. The maximum Gasteiger partial charge on any atom is 0.238 e. The lowest BCUT2D eigenvalue weighted by atomic mass is 10.2. The summed E-state index contributed by atoms with van der Waals surface area (Å²) in [5.74, 6) is 0.866. The zero-order chi connectivity index (χ0) is 13.8. The molecule has 0 spiro atoms. The number of nitrogens with zero attached hydrogens (tertiary/aromatic N) is 1. The quantitative estimate of drug-likeness (QED) is 0.887. The molecule has 0 aliphatic heterocycles. The minimum absolute atomic E-state index is 0.325. The molecule has 2 aromatic rings. The number of nitrogen functional groups attached to an aromatic ring is 1. The molecule has 3 N–H and O–H groups in total. The molecule has 0 saturated heterocycles. The van der Waals surface area contributed by atoms with Crippen molar-refractivity contribution in [1.29, 1.82) is 0 Å². The van der Waals surface area contributed by atoms with Crippen molar-refractivity contribution in [2.24, 2.45) is 0 Å². The van der Waals surface area contributed by atoms with Crippen LogP contribution in [0.15, 0.2) is 30.3 Å². The van der Waals surface area contributed by atoms with E-state index in [1.165, 1.54) is 26.4 Å². The van der Waals surface area contributed by atoms with Crippen LogP contribution >= 0.6 is 0 Å². The van der Waals surface area contributed by atoms with E-state index in [4.69, 9.17) is 15.2 Å². The topological polar surface area (TPSA) is 69.4 Å². The number of hydrogen-bond acceptors (Lipinski definition) is 5. The molecule has 1 aromatic carbocycles. The van der Waals surface area contributed by atoms with E-state index in [9.17, 15) is 4.39 Å². The highest BCUT2D eigenvalue weighted by molar-refractivity contribution is 5.66. The Labute approximate surface area is 110 Å². The van der Waals surface area contributed by atoms with Crippen molar-refractivity contribution in [3.63, 3.8) is 0 Å². The van der Waals surface area contributed by atoms with E-state index >= 15 is 0 Å². The third-order valence-corrected chi connectivity index (χ3v) is 2.51. The first-order valence-corrected chi connectivity index (χ1v) is 5.55. The molecule has 0 aliphatic carbocycles. The van der Waals surface area contributed by atoms with Gasteiger partial charge in [0.2, 0.25) is 5.88 Å². The molecule has 0 aliphatic rings. The molecule has 0 radical (unpaired) electrons. The summed E-state index contributed by atoms with van der Waals surface area (Å²) in [6.45, 7) is 0. The lowest BCUT2D eigenvalue weighted by molar-refractivity contribution is 0.401. The molecule has 6 heteroatoms. The van der Waals surface area contributed by atoms with Crippen LogP contribution in [0.3, 0.4) is 0 Å². The van der Waals surface area contributed by atoms with Gasteiger partial charge < -0.3 is 20.5 Å². The van der Waals surface area contributed by atoms with E-state index in [2.05, 4.69) is 10.3 Å². The second kappa shape index (κ2) is 5.43. The molecule has 0 fully saturated rings. The largest absolute Gasteiger partial charge is 0.494 e. The maximum absolute atomic E-state index is 13.1. The van der Waals surface area contributed by atoms with E-state index in [1.807, 2.05) is 0 Å². The monoisotopic (exact) mass is 263 g/mol. The Morgan fingerprint density at radius 3 is 2.63 bits per heavy atom. The zero-order valence-corrected chi connectivity index (χ0v) is 10.6. The number of methoxy groups -OCH3 is 2. The molecule has 1 aromatic heterocycles. The third-order valence-electron chi connectivity index (χ3n) is 2.51. The van der Waals surface area contributed by atoms with Crippen LogP contribution in [0.4, 0.5) is 21.6 Å². The number of pyridine rings is 1. The average Bonchev–Trinajstić information content (AvgIpc) is 2.42. The Balaban J connectivity index is 2.30. The van der Waals surface area contributed by atoms with Crippen LogP contribution in [0.1, 0.15) is 0 Å². The molecule has 2 rings (SSSR count). The van der Waals surface area contributed by atoms with Crippen molar-refractivity contribution in [3.05, 3.63) is 36.1 Å². The Hall–Kier alpha value is -2.50. The molecular formula is C13H14FN3O2. The number of halogens is 1. The van der Waals surface area contributed by atoms with E-state index < -0.39 is 0 Å². The minimum Gasteiger partial charge on any atom is -0.494 e.